The molecule has 15 heteroatoms. The number of alkyl halides is 4. The monoisotopic (exact) mass is 579 g/mol. The maximum atomic E-state index is 14.9. The predicted molar refractivity (Wildman–Crippen MR) is 140 cm³/mol. The first kappa shape index (κ1) is 27.7. The van der Waals surface area contributed by atoms with Gasteiger partial charge in [0.1, 0.15) is 12.0 Å². The molecule has 0 radical (unpaired) electrons. The first-order chi connectivity index (χ1) is 19.0. The van der Waals surface area contributed by atoms with Crippen LogP contribution in [0.4, 0.5) is 29.1 Å². The van der Waals surface area contributed by atoms with Crippen molar-refractivity contribution in [3.63, 3.8) is 0 Å². The Hall–Kier alpha value is -3.85. The number of hydrogen-bond donors (Lipinski definition) is 2. The number of carboxylic acid groups (broad SMARTS) is 1. The van der Waals surface area contributed by atoms with E-state index in [0.717, 1.165) is 0 Å². The van der Waals surface area contributed by atoms with Gasteiger partial charge in [-0.25, -0.2) is 14.2 Å². The van der Waals surface area contributed by atoms with E-state index in [0.29, 0.717) is 30.0 Å². The number of nitrogens with zero attached hydrogens (tertiary/aromatic N) is 6. The number of hydrogen-bond acceptors (Lipinski definition) is 9. The molecule has 0 aliphatic carbocycles. The van der Waals surface area contributed by atoms with Gasteiger partial charge in [-0.1, -0.05) is 5.16 Å². The first-order valence-corrected chi connectivity index (χ1v) is 13.0. The summed E-state index contributed by atoms with van der Waals surface area (Å²) < 4.78 is 62.5. The van der Waals surface area contributed by atoms with Crippen LogP contribution >= 0.6 is 11.8 Å². The van der Waals surface area contributed by atoms with Crippen LogP contribution in [0.25, 0.3) is 16.9 Å². The van der Waals surface area contributed by atoms with Crippen molar-refractivity contribution in [1.82, 2.24) is 24.4 Å². The van der Waals surface area contributed by atoms with Crippen LogP contribution in [0.5, 0.6) is 0 Å². The second-order valence-electron chi connectivity index (χ2n) is 9.41. The summed E-state index contributed by atoms with van der Waals surface area (Å²) in [5.41, 5.74) is -3.43. The van der Waals surface area contributed by atoms with E-state index in [1.807, 2.05) is 11.9 Å². The smallest absolute Gasteiger partial charge is 0.447 e. The molecule has 0 bridgehead atoms. The SMILES string of the molecule is CN1CC[C@@H](N(C)c2cccn3c(SC(F)(F)F)c(-c4noc(CNc5ccc(C(=O)O)cn5)n4)cc23)[C@@H](F)C1. The Morgan fingerprint density at radius 1 is 1.32 bits per heavy atom. The average molecular weight is 580 g/mol. The second kappa shape index (κ2) is 11.0. The molecule has 10 nitrogen and oxygen atoms in total. The van der Waals surface area contributed by atoms with Crippen molar-refractivity contribution in [1.29, 1.82) is 0 Å². The highest BCUT2D eigenvalue weighted by molar-refractivity contribution is 8.00. The van der Waals surface area contributed by atoms with Gasteiger partial charge >= 0.3 is 11.5 Å². The Bertz CT molecular complexity index is 1510. The second-order valence-corrected chi connectivity index (χ2v) is 10.5. The summed E-state index contributed by atoms with van der Waals surface area (Å²) in [6.45, 7) is 0.987. The normalized spacial score (nSPS) is 18.2. The first-order valence-electron chi connectivity index (χ1n) is 12.2. The quantitative estimate of drug-likeness (QED) is 0.223. The maximum Gasteiger partial charge on any atom is 0.447 e. The molecule has 0 amide bonds. The van der Waals surface area contributed by atoms with Gasteiger partial charge in [0, 0.05) is 44.3 Å². The van der Waals surface area contributed by atoms with Crippen molar-refractivity contribution in [2.45, 2.75) is 35.7 Å². The number of aromatic nitrogens is 4. The fourth-order valence-electron chi connectivity index (χ4n) is 4.72. The number of thioether (sulfide) groups is 1. The van der Waals surface area contributed by atoms with E-state index in [1.54, 1.807) is 30.1 Å². The van der Waals surface area contributed by atoms with E-state index in [1.165, 1.54) is 28.9 Å². The fraction of sp³-hybridized carbons (Fsp3) is 0.360. The third-order valence-electron chi connectivity index (χ3n) is 6.68. The Balaban J connectivity index is 1.46. The van der Waals surface area contributed by atoms with E-state index >= 15 is 0 Å². The molecular weight excluding hydrogens is 554 g/mol. The number of pyridine rings is 2. The Morgan fingerprint density at radius 2 is 2.12 bits per heavy atom. The van der Waals surface area contributed by atoms with Gasteiger partial charge in [0.15, 0.2) is 0 Å². The summed E-state index contributed by atoms with van der Waals surface area (Å²) in [6.07, 6.45) is 2.15. The van der Waals surface area contributed by atoms with Crippen LogP contribution in [-0.4, -0.2) is 80.4 Å². The molecule has 212 valence electrons. The third-order valence-corrected chi connectivity index (χ3v) is 7.52. The van der Waals surface area contributed by atoms with Crippen LogP contribution in [0.2, 0.25) is 0 Å². The van der Waals surface area contributed by atoms with Gasteiger partial charge in [0.05, 0.1) is 39.9 Å². The molecular formula is C25H25F4N7O3S. The van der Waals surface area contributed by atoms with Gasteiger partial charge in [-0.3, -0.25) is 0 Å². The van der Waals surface area contributed by atoms with Crippen LogP contribution in [0.3, 0.4) is 0 Å². The molecule has 0 saturated carbocycles. The third kappa shape index (κ3) is 5.84. The number of likely N-dealkylation sites (tertiary alicyclic amines) is 1. The minimum absolute atomic E-state index is 0.00351. The lowest BCUT2D eigenvalue weighted by molar-refractivity contribution is -0.0329. The number of fused-ring (bicyclic) bond motifs is 1. The van der Waals surface area contributed by atoms with Crippen molar-refractivity contribution in [2.24, 2.45) is 0 Å². The molecule has 5 heterocycles. The highest BCUT2D eigenvalue weighted by atomic mass is 32.2. The van der Waals surface area contributed by atoms with Crippen molar-refractivity contribution < 1.29 is 32.0 Å². The molecule has 5 rings (SSSR count). The molecule has 1 fully saturated rings. The molecule has 0 aromatic carbocycles. The summed E-state index contributed by atoms with van der Waals surface area (Å²) in [6, 6.07) is 7.33. The van der Waals surface area contributed by atoms with Gasteiger partial charge in [0.25, 0.3) is 0 Å². The summed E-state index contributed by atoms with van der Waals surface area (Å²) >= 11 is -0.293. The van der Waals surface area contributed by atoms with Gasteiger partial charge in [-0.15, -0.1) is 0 Å². The van der Waals surface area contributed by atoms with E-state index in [2.05, 4.69) is 20.4 Å². The molecule has 0 unspecified atom stereocenters. The topological polar surface area (TPSA) is 112 Å². The van der Waals surface area contributed by atoms with Gasteiger partial charge in [-0.2, -0.15) is 18.2 Å². The lowest BCUT2D eigenvalue weighted by Crippen LogP contribution is -2.50. The Labute approximate surface area is 230 Å². The van der Waals surface area contributed by atoms with Gasteiger partial charge in [0.2, 0.25) is 11.7 Å². The summed E-state index contributed by atoms with van der Waals surface area (Å²) in [5, 5.41) is 15.6. The molecule has 2 N–H and O–H groups in total. The zero-order valence-corrected chi connectivity index (χ0v) is 22.2. The number of halogens is 4. The number of carbonyl (C=O) groups is 1. The van der Waals surface area contributed by atoms with Crippen molar-refractivity contribution in [3.8, 4) is 11.4 Å². The molecule has 1 aliphatic rings. The zero-order valence-electron chi connectivity index (χ0n) is 21.4. The Morgan fingerprint density at radius 3 is 2.80 bits per heavy atom. The zero-order chi connectivity index (χ0) is 28.6. The maximum absolute atomic E-state index is 14.9. The largest absolute Gasteiger partial charge is 0.478 e. The number of piperidine rings is 1. The van der Waals surface area contributed by atoms with Crippen molar-refractivity contribution in [3.05, 3.63) is 54.2 Å². The minimum atomic E-state index is -4.59. The van der Waals surface area contributed by atoms with Crippen LogP contribution in [0.15, 0.2) is 52.3 Å². The number of aromatic carboxylic acids is 1. The molecule has 2 atom stereocenters. The van der Waals surface area contributed by atoms with Crippen LogP contribution in [0.1, 0.15) is 22.7 Å². The Kier molecular flexibility index (Phi) is 7.59. The van der Waals surface area contributed by atoms with Crippen molar-refractivity contribution in [2.75, 3.05) is 37.4 Å². The van der Waals surface area contributed by atoms with Crippen LogP contribution in [-0.2, 0) is 6.54 Å². The minimum Gasteiger partial charge on any atom is -0.478 e. The van der Waals surface area contributed by atoms with E-state index in [-0.39, 0.29) is 52.7 Å². The summed E-state index contributed by atoms with van der Waals surface area (Å²) in [5.74, 6) is -0.724. The average Bonchev–Trinajstić information content (AvgIpc) is 3.51. The van der Waals surface area contributed by atoms with E-state index in [4.69, 9.17) is 9.63 Å². The lowest BCUT2D eigenvalue weighted by Gasteiger charge is -2.39. The molecule has 4 aromatic heterocycles. The van der Waals surface area contributed by atoms with Crippen LogP contribution in [0, 0.1) is 0 Å². The summed E-state index contributed by atoms with van der Waals surface area (Å²) in [4.78, 5) is 22.9. The molecule has 4 aromatic rings. The predicted octanol–water partition coefficient (Wildman–Crippen LogP) is 4.78. The van der Waals surface area contributed by atoms with Crippen molar-refractivity contribution >= 4 is 34.8 Å². The van der Waals surface area contributed by atoms with Gasteiger partial charge in [-0.05, 0) is 43.8 Å². The molecule has 40 heavy (non-hydrogen) atoms. The number of rotatable bonds is 8. The number of nitrogens with one attached hydrogen (secondary N) is 1. The van der Waals surface area contributed by atoms with Gasteiger partial charge < -0.3 is 29.1 Å². The molecule has 1 aliphatic heterocycles. The fourth-order valence-corrected chi connectivity index (χ4v) is 5.45. The number of carboxylic acids is 1. The van der Waals surface area contributed by atoms with E-state index < -0.39 is 23.7 Å². The van der Waals surface area contributed by atoms with E-state index in [9.17, 15) is 22.4 Å². The standard InChI is InChI=1S/C25H25F4N7O3S/c1-34-9-7-17(16(26)13-34)35(2)18-4-3-8-36-19(18)10-15(23(36)40-25(27,28)29)22-32-21(39-33-22)12-31-20-6-5-14(11-30-20)24(37)38/h3-6,8,10-11,16-17H,7,9,12-13H2,1-2H3,(H,30,31)(H,37,38)/t16-,17+/m0/s1. The highest BCUT2D eigenvalue weighted by Crippen LogP contribution is 2.44. The lowest BCUT2D eigenvalue weighted by atomic mass is 10.0. The summed E-state index contributed by atoms with van der Waals surface area (Å²) in [7, 11) is 3.60. The molecule has 1 saturated heterocycles. The molecule has 0 spiro atoms. The number of anilines is 2. The van der Waals surface area contributed by atoms with Crippen LogP contribution < -0.4 is 10.2 Å². The highest BCUT2D eigenvalue weighted by Gasteiger charge is 2.35.